The van der Waals surface area contributed by atoms with Crippen molar-refractivity contribution in [2.45, 2.75) is 36.5 Å². The first-order valence-corrected chi connectivity index (χ1v) is 43.6. The SMILES string of the molecule is CN(C)c1ccc(C(c2ccc(N(C)C)cc2)c2cc(O)cc(O)c2)cc1.CN(C)c1ccc(C(c2ccc(N(C)C)cc2)c2cccc(N)c2)cc1.CN(C)c1ccc(C(c2ccccc2)c2ccc(O)cc2O)cc1.CN(C)c1cccc(C(c2cccc(O)c2)c2cccc(N(C)C)c2)c1.CSOOc1ccc(C(c2ccc(C)cc2)c2cccc(O)c2)cc1. The number of phenols is 6. The number of nitrogens with two attached hydrogens (primary N) is 1. The molecule has 15 aromatic carbocycles. The van der Waals surface area contributed by atoms with Gasteiger partial charge in [-0.1, -0.05) is 200 Å². The summed E-state index contributed by atoms with van der Waals surface area (Å²) in [5.41, 5.74) is 32.7. The van der Waals surface area contributed by atoms with Gasteiger partial charge in [0.15, 0.2) is 5.75 Å². The van der Waals surface area contributed by atoms with E-state index in [2.05, 4.69) is 322 Å². The molecule has 0 radical (unpaired) electrons. The fourth-order valence-corrected chi connectivity index (χ4v) is 15.7. The van der Waals surface area contributed by atoms with Gasteiger partial charge in [0.1, 0.15) is 34.5 Å². The van der Waals surface area contributed by atoms with Crippen LogP contribution < -0.4 is 44.9 Å². The maximum absolute atomic E-state index is 10.4. The van der Waals surface area contributed by atoms with Crippen molar-refractivity contribution in [3.63, 3.8) is 0 Å². The van der Waals surface area contributed by atoms with Crippen LogP contribution in [0, 0.1) is 6.92 Å². The minimum Gasteiger partial charge on any atom is -0.508 e. The molecule has 0 amide bonds. The first-order valence-electron chi connectivity index (χ1n) is 42.5. The smallest absolute Gasteiger partial charge is 0.166 e. The minimum atomic E-state index is -0.0944. The highest BCUT2D eigenvalue weighted by atomic mass is 32.2. The van der Waals surface area contributed by atoms with E-state index >= 15 is 0 Å². The van der Waals surface area contributed by atoms with E-state index in [4.69, 9.17) is 15.0 Å². The molecule has 0 heterocycles. The van der Waals surface area contributed by atoms with E-state index in [1.807, 2.05) is 127 Å². The zero-order valence-corrected chi connectivity index (χ0v) is 76.9. The molecule has 0 saturated carbocycles. The van der Waals surface area contributed by atoms with Crippen molar-refractivity contribution < 1.29 is 39.9 Å². The second-order valence-corrected chi connectivity index (χ2v) is 33.6. The fourth-order valence-electron chi connectivity index (χ4n) is 15.6. The molecule has 15 rings (SSSR count). The van der Waals surface area contributed by atoms with Crippen LogP contribution in [-0.4, -0.2) is 136 Å². The van der Waals surface area contributed by atoms with Gasteiger partial charge in [-0.15, -0.1) is 4.33 Å². The third-order valence-corrected chi connectivity index (χ3v) is 22.5. The van der Waals surface area contributed by atoms with Crippen LogP contribution in [0.1, 0.15) is 119 Å². The van der Waals surface area contributed by atoms with Crippen molar-refractivity contribution in [2.75, 3.05) is 145 Å². The summed E-state index contributed by atoms with van der Waals surface area (Å²) in [5.74, 6) is 1.55. The largest absolute Gasteiger partial charge is 0.508 e. The van der Waals surface area contributed by atoms with Gasteiger partial charge in [-0.25, -0.2) is 0 Å². The lowest BCUT2D eigenvalue weighted by atomic mass is 9.84. The Morgan fingerprint density at radius 2 is 0.516 bits per heavy atom. The highest BCUT2D eigenvalue weighted by molar-refractivity contribution is 7.93. The Morgan fingerprint density at radius 3 is 0.859 bits per heavy atom. The number of benzene rings is 15. The van der Waals surface area contributed by atoms with Gasteiger partial charge in [-0.2, -0.15) is 0 Å². The predicted octanol–water partition coefficient (Wildman–Crippen LogP) is 23.5. The number of rotatable bonds is 25. The first kappa shape index (κ1) is 94.3. The van der Waals surface area contributed by atoms with Crippen molar-refractivity contribution in [1.29, 1.82) is 0 Å². The van der Waals surface area contributed by atoms with Crippen molar-refractivity contribution in [1.82, 2.24) is 0 Å². The fraction of sp³-hybridized carbons (Fsp3) is 0.189. The van der Waals surface area contributed by atoms with E-state index in [1.54, 1.807) is 42.7 Å². The number of anilines is 8. The lowest BCUT2D eigenvalue weighted by Crippen LogP contribution is -2.11. The third kappa shape index (κ3) is 25.7. The molecule has 15 aromatic rings. The molecule has 0 aliphatic rings. The molecule has 0 fully saturated rings. The van der Waals surface area contributed by atoms with Gasteiger partial charge in [-0.05, 0) is 236 Å². The topological polar surface area (TPSA) is 189 Å². The number of aryl methyl sites for hydroxylation is 1. The first-order chi connectivity index (χ1) is 61.5. The maximum atomic E-state index is 10.4. The van der Waals surface area contributed by atoms with Gasteiger partial charge < -0.3 is 75.6 Å². The highest BCUT2D eigenvalue weighted by Crippen LogP contribution is 2.43. The molecular weight excluding hydrogens is 1610 g/mol. The minimum absolute atomic E-state index is 0.0308. The Morgan fingerprint density at radius 1 is 0.234 bits per heavy atom. The summed E-state index contributed by atoms with van der Waals surface area (Å²) >= 11 is 1.15. The summed E-state index contributed by atoms with van der Waals surface area (Å²) in [4.78, 5) is 19.8. The number of aromatic hydroxyl groups is 6. The number of hydrogen-bond donors (Lipinski definition) is 7. The second kappa shape index (κ2) is 45.0. The molecule has 2 unspecified atom stereocenters. The summed E-state index contributed by atoms with van der Waals surface area (Å²) in [5, 5.41) is 59.9. The molecule has 16 nitrogen and oxygen atoms in total. The zero-order chi connectivity index (χ0) is 91.7. The molecule has 128 heavy (non-hydrogen) atoms. The standard InChI is InChI=1S/C23H27N3.C23H26N2O2.C23H26N2O.C21H21NO2.C21H20O3S/c1-25(2)21-12-8-17(9-13-21)23(19-6-5-7-20(24)16-19)18-10-14-22(15-11-18)26(3)4;1-24(2)19-9-5-16(6-10-19)23(18-13-21(26)15-22(27)14-18)17-7-11-20(12-8-17)25(3)4;1-24(2)20-11-5-8-17(14-20)23(19-10-7-13-22(26)16-19)18-9-6-12-21(15-18)25(3)4;1-22(2)17-10-8-16(9-11-17)21(15-6-4-3-5-7-15)19-13-12-18(23)14-20(19)24;1-15-6-8-16(9-7-15)21(18-4-3-5-19(22)14-18)17-10-12-20(13-11-17)23-24-25-2/h5-16,23H,24H2,1-4H3;5-15,23,26-27H,1-4H3;5-16,23,26H,1-4H3;3-14,21,23-24H,1-2H3;3-14,21-22H,1-2H3. The Hall–Kier alpha value is -14.4. The lowest BCUT2D eigenvalue weighted by molar-refractivity contribution is -0.0770. The van der Waals surface area contributed by atoms with E-state index in [0.29, 0.717) is 11.5 Å². The molecule has 0 aliphatic heterocycles. The van der Waals surface area contributed by atoms with E-state index in [0.717, 1.165) is 96.2 Å². The predicted molar refractivity (Wildman–Crippen MR) is 536 cm³/mol. The van der Waals surface area contributed by atoms with Gasteiger partial charge in [0.05, 0.1) is 0 Å². The van der Waals surface area contributed by atoms with Gasteiger partial charge in [0.2, 0.25) is 0 Å². The van der Waals surface area contributed by atoms with Crippen LogP contribution in [0.15, 0.2) is 358 Å². The van der Waals surface area contributed by atoms with E-state index < -0.39 is 0 Å². The Labute approximate surface area is 761 Å². The quantitative estimate of drug-likeness (QED) is 0.00940. The summed E-state index contributed by atoms with van der Waals surface area (Å²) in [6.45, 7) is 2.07. The molecule has 8 N–H and O–H groups in total. The van der Waals surface area contributed by atoms with Crippen LogP contribution in [0.25, 0.3) is 0 Å². The number of nitrogen functional groups attached to an aromatic ring is 1. The monoisotopic (exact) mass is 1720 g/mol. The molecule has 0 spiro atoms. The molecule has 658 valence electrons. The average molecular weight is 1730 g/mol. The summed E-state index contributed by atoms with van der Waals surface area (Å²) < 4.78 is 4.90. The van der Waals surface area contributed by atoms with Crippen LogP contribution in [-0.2, 0) is 4.33 Å². The Balaban J connectivity index is 0.000000155. The van der Waals surface area contributed by atoms with Crippen molar-refractivity contribution in [3.05, 3.63) is 447 Å². The molecule has 0 saturated heterocycles. The third-order valence-electron chi connectivity index (χ3n) is 22.3. The molecule has 0 aliphatic carbocycles. The second-order valence-electron chi connectivity index (χ2n) is 33.2. The van der Waals surface area contributed by atoms with Crippen molar-refractivity contribution >= 4 is 57.5 Å². The summed E-state index contributed by atoms with van der Waals surface area (Å²) in [6, 6.07) is 119. The zero-order valence-electron chi connectivity index (χ0n) is 76.1. The van der Waals surface area contributed by atoms with Gasteiger partial charge >= 0.3 is 0 Å². The van der Waals surface area contributed by atoms with E-state index in [1.165, 1.54) is 62.5 Å². The van der Waals surface area contributed by atoms with Crippen LogP contribution in [0.4, 0.5) is 45.5 Å². The van der Waals surface area contributed by atoms with Crippen LogP contribution in [0.5, 0.6) is 40.2 Å². The van der Waals surface area contributed by atoms with E-state index in [-0.39, 0.29) is 58.3 Å². The van der Waals surface area contributed by atoms with Gasteiger partial charge in [0.25, 0.3) is 0 Å². The van der Waals surface area contributed by atoms with Crippen LogP contribution >= 0.6 is 12.0 Å². The molecule has 0 aromatic heterocycles. The number of phenolic OH excluding ortho intramolecular Hbond substituents is 6. The molecular formula is C111H120N8O8S. The molecule has 0 bridgehead atoms. The lowest BCUT2D eigenvalue weighted by Gasteiger charge is -2.23. The number of nitrogens with zero attached hydrogens (tertiary/aromatic N) is 7. The average Bonchev–Trinajstić information content (AvgIpc) is 0.550. The van der Waals surface area contributed by atoms with Gasteiger partial charge in [0, 0.05) is 210 Å². The summed E-state index contributed by atoms with van der Waals surface area (Å²) in [7, 11) is 28.5. The number of hydrogen-bond acceptors (Lipinski definition) is 17. The maximum Gasteiger partial charge on any atom is 0.166 e. The van der Waals surface area contributed by atoms with Crippen molar-refractivity contribution in [2.24, 2.45) is 0 Å². The summed E-state index contributed by atoms with van der Waals surface area (Å²) in [6.07, 6.45) is 1.80. The highest BCUT2D eigenvalue weighted by Gasteiger charge is 2.25. The van der Waals surface area contributed by atoms with Gasteiger partial charge in [-0.3, -0.25) is 0 Å². The van der Waals surface area contributed by atoms with Crippen LogP contribution in [0.3, 0.4) is 0 Å². The van der Waals surface area contributed by atoms with Crippen LogP contribution in [0.2, 0.25) is 0 Å². The van der Waals surface area contributed by atoms with Crippen molar-refractivity contribution in [3.8, 4) is 40.2 Å². The molecule has 2 atom stereocenters. The normalized spacial score (nSPS) is 11.2. The van der Waals surface area contributed by atoms with E-state index in [9.17, 15) is 30.6 Å². The Kier molecular flexibility index (Phi) is 33.1. The Bertz CT molecular complexity index is 5800. The molecule has 17 heteroatoms.